The fourth-order valence-electron chi connectivity index (χ4n) is 1.99. The first-order chi connectivity index (χ1) is 9.58. The lowest BCUT2D eigenvalue weighted by Crippen LogP contribution is -2.35. The number of likely N-dealkylation sites (N-methyl/N-ethyl adjacent to an activating group) is 1. The molecule has 1 aromatic heterocycles. The zero-order valence-electron chi connectivity index (χ0n) is 12.5. The second kappa shape index (κ2) is 8.74. The van der Waals surface area contributed by atoms with E-state index in [9.17, 15) is 0 Å². The standard InChI is InChI=1S/C13H19N3OS.CH3I/c1-15(2)8-6-10-9-16(3)13(18)11-5-4-7-14-12(11)17-10;1-2/h4-5,7,10H,6,8-9H2,1-3H3;1H3. The van der Waals surface area contributed by atoms with Crippen LogP contribution in [0.15, 0.2) is 18.3 Å². The average molecular weight is 407 g/mol. The SMILES string of the molecule is CI.CN(C)CCC1CN(C)C(=S)c2cccnc2O1. The lowest BCUT2D eigenvalue weighted by atomic mass is 10.2. The van der Waals surface area contributed by atoms with Gasteiger partial charge in [-0.05, 0) is 37.6 Å². The molecular formula is C14H22IN3OS. The monoisotopic (exact) mass is 407 g/mol. The molecule has 20 heavy (non-hydrogen) atoms. The molecule has 1 unspecified atom stereocenters. The van der Waals surface area contributed by atoms with Crippen LogP contribution in [-0.2, 0) is 0 Å². The van der Waals surface area contributed by atoms with Gasteiger partial charge in [-0.15, -0.1) is 0 Å². The number of halogens is 1. The molecule has 0 fully saturated rings. The Morgan fingerprint density at radius 1 is 1.50 bits per heavy atom. The highest BCUT2D eigenvalue weighted by atomic mass is 127. The van der Waals surface area contributed by atoms with Crippen LogP contribution in [0.25, 0.3) is 0 Å². The van der Waals surface area contributed by atoms with E-state index in [1.54, 1.807) is 6.20 Å². The van der Waals surface area contributed by atoms with Crippen molar-refractivity contribution in [3.05, 3.63) is 23.9 Å². The summed E-state index contributed by atoms with van der Waals surface area (Å²) in [6.45, 7) is 1.80. The summed E-state index contributed by atoms with van der Waals surface area (Å²) in [6, 6.07) is 3.86. The van der Waals surface area contributed by atoms with E-state index in [1.165, 1.54) is 0 Å². The number of pyridine rings is 1. The number of hydrogen-bond acceptors (Lipinski definition) is 4. The molecule has 112 valence electrons. The van der Waals surface area contributed by atoms with E-state index in [1.807, 2.05) is 24.1 Å². The van der Waals surface area contributed by atoms with Crippen LogP contribution in [0.2, 0.25) is 0 Å². The van der Waals surface area contributed by atoms with Gasteiger partial charge < -0.3 is 14.5 Å². The Labute approximate surface area is 140 Å². The number of rotatable bonds is 3. The second-order valence-corrected chi connectivity index (χ2v) is 5.26. The van der Waals surface area contributed by atoms with Gasteiger partial charge in [-0.3, -0.25) is 0 Å². The van der Waals surface area contributed by atoms with E-state index < -0.39 is 0 Å². The molecule has 0 radical (unpaired) electrons. The molecule has 0 bridgehead atoms. The van der Waals surface area contributed by atoms with Crippen LogP contribution in [0.3, 0.4) is 0 Å². The van der Waals surface area contributed by atoms with Gasteiger partial charge in [0.15, 0.2) is 0 Å². The molecule has 0 N–H and O–H groups in total. The number of fused-ring (bicyclic) bond motifs is 1. The fraction of sp³-hybridized carbons (Fsp3) is 0.571. The number of thiocarbonyl (C=S) groups is 1. The molecular weight excluding hydrogens is 385 g/mol. The van der Waals surface area contributed by atoms with Crippen molar-refractivity contribution in [2.24, 2.45) is 0 Å². The van der Waals surface area contributed by atoms with Gasteiger partial charge in [0.2, 0.25) is 5.88 Å². The topological polar surface area (TPSA) is 28.6 Å². The minimum absolute atomic E-state index is 0.131. The van der Waals surface area contributed by atoms with Crippen molar-refractivity contribution in [3.8, 4) is 5.88 Å². The van der Waals surface area contributed by atoms with Crippen molar-refractivity contribution in [2.45, 2.75) is 12.5 Å². The average Bonchev–Trinajstić information content (AvgIpc) is 2.57. The minimum Gasteiger partial charge on any atom is -0.472 e. The van der Waals surface area contributed by atoms with Crippen molar-refractivity contribution in [2.75, 3.05) is 39.2 Å². The Morgan fingerprint density at radius 3 is 2.85 bits per heavy atom. The summed E-state index contributed by atoms with van der Waals surface area (Å²) in [5.41, 5.74) is 0.919. The van der Waals surface area contributed by atoms with Crippen LogP contribution in [0.1, 0.15) is 12.0 Å². The van der Waals surface area contributed by atoms with E-state index >= 15 is 0 Å². The molecule has 2 rings (SSSR count). The molecule has 0 spiro atoms. The molecule has 1 aliphatic rings. The van der Waals surface area contributed by atoms with E-state index in [4.69, 9.17) is 17.0 Å². The third-order valence-electron chi connectivity index (χ3n) is 3.00. The smallest absolute Gasteiger partial charge is 0.224 e. The number of ether oxygens (including phenoxy) is 1. The first-order valence-corrected chi connectivity index (χ1v) is 9.04. The number of hydrogen-bond donors (Lipinski definition) is 0. The third-order valence-corrected chi connectivity index (χ3v) is 3.53. The molecule has 1 aliphatic heterocycles. The molecule has 2 heterocycles. The Balaban J connectivity index is 0.000000956. The highest BCUT2D eigenvalue weighted by Crippen LogP contribution is 2.23. The van der Waals surface area contributed by atoms with Gasteiger partial charge in [-0.2, -0.15) is 0 Å². The Hall–Kier alpha value is -0.470. The molecule has 1 atom stereocenters. The molecule has 4 nitrogen and oxygen atoms in total. The number of aromatic nitrogens is 1. The molecule has 0 aliphatic carbocycles. The summed E-state index contributed by atoms with van der Waals surface area (Å²) >= 11 is 7.60. The predicted molar refractivity (Wildman–Crippen MR) is 96.1 cm³/mol. The van der Waals surface area contributed by atoms with Gasteiger partial charge in [-0.1, -0.05) is 34.8 Å². The van der Waals surface area contributed by atoms with E-state index in [2.05, 4.69) is 51.5 Å². The van der Waals surface area contributed by atoms with Crippen LogP contribution in [-0.4, -0.2) is 65.0 Å². The normalized spacial score (nSPS) is 17.8. The third kappa shape index (κ3) is 4.82. The summed E-state index contributed by atoms with van der Waals surface area (Å²) in [6.07, 6.45) is 2.85. The van der Waals surface area contributed by atoms with Crippen LogP contribution in [0, 0.1) is 0 Å². The Bertz CT molecular complexity index is 442. The maximum absolute atomic E-state index is 5.98. The predicted octanol–water partition coefficient (Wildman–Crippen LogP) is 2.45. The highest BCUT2D eigenvalue weighted by Gasteiger charge is 2.24. The summed E-state index contributed by atoms with van der Waals surface area (Å²) in [5, 5.41) is 0. The van der Waals surface area contributed by atoms with Crippen molar-refractivity contribution >= 4 is 39.8 Å². The molecule has 0 saturated carbocycles. The first-order valence-electron chi connectivity index (χ1n) is 6.47. The first kappa shape index (κ1) is 17.6. The molecule has 0 amide bonds. The molecule has 0 saturated heterocycles. The van der Waals surface area contributed by atoms with E-state index in [0.717, 1.165) is 30.1 Å². The van der Waals surface area contributed by atoms with Gasteiger partial charge in [0.25, 0.3) is 0 Å². The Kier molecular flexibility index (Phi) is 7.68. The molecule has 0 aromatic carbocycles. The zero-order valence-corrected chi connectivity index (χ0v) is 15.4. The fourth-order valence-corrected chi connectivity index (χ4v) is 2.22. The van der Waals surface area contributed by atoms with Gasteiger partial charge in [0.05, 0.1) is 12.1 Å². The second-order valence-electron chi connectivity index (χ2n) is 4.87. The van der Waals surface area contributed by atoms with Crippen LogP contribution >= 0.6 is 34.8 Å². The molecule has 6 heteroatoms. The highest BCUT2D eigenvalue weighted by molar-refractivity contribution is 14.1. The summed E-state index contributed by atoms with van der Waals surface area (Å²) in [4.78, 5) is 11.3. The lowest BCUT2D eigenvalue weighted by molar-refractivity contribution is 0.154. The van der Waals surface area contributed by atoms with Crippen LogP contribution < -0.4 is 4.74 Å². The number of nitrogens with zero attached hydrogens (tertiary/aromatic N) is 3. The van der Waals surface area contributed by atoms with E-state index in [-0.39, 0.29) is 6.10 Å². The minimum atomic E-state index is 0.131. The Morgan fingerprint density at radius 2 is 2.20 bits per heavy atom. The van der Waals surface area contributed by atoms with Gasteiger partial charge >= 0.3 is 0 Å². The van der Waals surface area contributed by atoms with Crippen molar-refractivity contribution in [3.63, 3.8) is 0 Å². The van der Waals surface area contributed by atoms with Gasteiger partial charge in [-0.25, -0.2) is 4.98 Å². The van der Waals surface area contributed by atoms with Crippen molar-refractivity contribution in [1.82, 2.24) is 14.8 Å². The van der Waals surface area contributed by atoms with Crippen molar-refractivity contribution < 1.29 is 4.74 Å². The van der Waals surface area contributed by atoms with E-state index in [0.29, 0.717) is 5.88 Å². The lowest BCUT2D eigenvalue weighted by Gasteiger charge is -2.22. The van der Waals surface area contributed by atoms with Gasteiger partial charge in [0.1, 0.15) is 11.1 Å². The van der Waals surface area contributed by atoms with Crippen LogP contribution in [0.5, 0.6) is 5.88 Å². The van der Waals surface area contributed by atoms with Crippen molar-refractivity contribution in [1.29, 1.82) is 0 Å². The summed E-state index contributed by atoms with van der Waals surface area (Å²) in [5.74, 6) is 0.663. The number of alkyl halides is 1. The summed E-state index contributed by atoms with van der Waals surface area (Å²) < 4.78 is 5.98. The quantitative estimate of drug-likeness (QED) is 0.436. The molecule has 1 aromatic rings. The zero-order chi connectivity index (χ0) is 15.1. The maximum atomic E-state index is 5.98. The van der Waals surface area contributed by atoms with Crippen LogP contribution in [0.4, 0.5) is 0 Å². The van der Waals surface area contributed by atoms with Gasteiger partial charge in [0, 0.05) is 19.8 Å². The summed E-state index contributed by atoms with van der Waals surface area (Å²) in [7, 11) is 6.14. The largest absolute Gasteiger partial charge is 0.472 e. The maximum Gasteiger partial charge on any atom is 0.224 e.